The van der Waals surface area contributed by atoms with Gasteiger partial charge in [-0.25, -0.2) is 32.5 Å². The zero-order chi connectivity index (χ0) is 19.6. The molecule has 1 aromatic heterocycles. The van der Waals surface area contributed by atoms with Crippen molar-refractivity contribution in [3.05, 3.63) is 90.4 Å². The SMILES string of the molecule is C=C(C)Cn1c(=O)n(CC(=C)C)c(=O)n(Cc2ccc(Cl)cc2F)c1=O. The van der Waals surface area contributed by atoms with Crippen molar-refractivity contribution < 1.29 is 4.39 Å². The van der Waals surface area contributed by atoms with Gasteiger partial charge in [-0.2, -0.15) is 0 Å². The highest BCUT2D eigenvalue weighted by Crippen LogP contribution is 2.14. The molecule has 1 aromatic carbocycles. The molecule has 0 aliphatic rings. The molecule has 0 bridgehead atoms. The number of hydrogen-bond acceptors (Lipinski definition) is 3. The van der Waals surface area contributed by atoms with E-state index in [1.54, 1.807) is 13.8 Å². The predicted molar refractivity (Wildman–Crippen MR) is 99.4 cm³/mol. The molecule has 0 spiro atoms. The highest BCUT2D eigenvalue weighted by atomic mass is 35.5. The fraction of sp³-hybridized carbons (Fsp3) is 0.278. The van der Waals surface area contributed by atoms with Crippen LogP contribution in [0.5, 0.6) is 0 Å². The van der Waals surface area contributed by atoms with Gasteiger partial charge in [-0.3, -0.25) is 0 Å². The van der Waals surface area contributed by atoms with E-state index in [0.717, 1.165) is 19.8 Å². The van der Waals surface area contributed by atoms with Crippen LogP contribution in [-0.2, 0) is 19.6 Å². The van der Waals surface area contributed by atoms with E-state index in [9.17, 15) is 18.8 Å². The van der Waals surface area contributed by atoms with Gasteiger partial charge in [0.25, 0.3) is 0 Å². The summed E-state index contributed by atoms with van der Waals surface area (Å²) < 4.78 is 16.7. The number of nitrogens with zero attached hydrogens (tertiary/aromatic N) is 3. The first-order valence-electron chi connectivity index (χ1n) is 7.79. The molecule has 0 aliphatic heterocycles. The summed E-state index contributed by atoms with van der Waals surface area (Å²) in [6.45, 7) is 10.3. The Kier molecular flexibility index (Phi) is 5.82. The van der Waals surface area contributed by atoms with Crippen LogP contribution in [0.15, 0.2) is 56.9 Å². The lowest BCUT2D eigenvalue weighted by Crippen LogP contribution is -2.54. The molecule has 0 fully saturated rings. The van der Waals surface area contributed by atoms with Crippen molar-refractivity contribution in [2.45, 2.75) is 33.5 Å². The number of hydrogen-bond donors (Lipinski definition) is 0. The third-order valence-corrected chi connectivity index (χ3v) is 3.82. The topological polar surface area (TPSA) is 66.0 Å². The fourth-order valence-electron chi connectivity index (χ4n) is 2.45. The lowest BCUT2D eigenvalue weighted by Gasteiger charge is -2.14. The third-order valence-electron chi connectivity index (χ3n) is 3.59. The molecule has 0 saturated heterocycles. The molecule has 0 radical (unpaired) electrons. The Bertz CT molecular complexity index is 1010. The van der Waals surface area contributed by atoms with Crippen molar-refractivity contribution in [3.8, 4) is 0 Å². The molecule has 0 atom stereocenters. The average Bonchev–Trinajstić information content (AvgIpc) is 2.53. The van der Waals surface area contributed by atoms with Crippen LogP contribution in [0.4, 0.5) is 4.39 Å². The normalized spacial score (nSPS) is 10.8. The van der Waals surface area contributed by atoms with Crippen molar-refractivity contribution >= 4 is 11.6 Å². The summed E-state index contributed by atoms with van der Waals surface area (Å²) in [6.07, 6.45) is 0. The zero-order valence-electron chi connectivity index (χ0n) is 14.6. The van der Waals surface area contributed by atoms with E-state index in [1.807, 2.05) is 0 Å². The first-order chi connectivity index (χ1) is 12.1. The molecular formula is C18H19ClFN3O3. The van der Waals surface area contributed by atoms with E-state index in [2.05, 4.69) is 13.2 Å². The molecule has 6 nitrogen and oxygen atoms in total. The molecule has 0 amide bonds. The second-order valence-electron chi connectivity index (χ2n) is 6.26. The highest BCUT2D eigenvalue weighted by molar-refractivity contribution is 6.30. The van der Waals surface area contributed by atoms with E-state index >= 15 is 0 Å². The second-order valence-corrected chi connectivity index (χ2v) is 6.69. The lowest BCUT2D eigenvalue weighted by atomic mass is 10.2. The van der Waals surface area contributed by atoms with Gasteiger partial charge in [-0.1, -0.05) is 42.0 Å². The van der Waals surface area contributed by atoms with Crippen LogP contribution in [0.2, 0.25) is 5.02 Å². The molecular weight excluding hydrogens is 361 g/mol. The van der Waals surface area contributed by atoms with Crippen LogP contribution in [0.25, 0.3) is 0 Å². The van der Waals surface area contributed by atoms with Crippen LogP contribution in [0, 0.1) is 5.82 Å². The van der Waals surface area contributed by atoms with Gasteiger partial charge >= 0.3 is 17.1 Å². The van der Waals surface area contributed by atoms with Crippen LogP contribution in [0.3, 0.4) is 0 Å². The van der Waals surface area contributed by atoms with Gasteiger partial charge in [0.15, 0.2) is 0 Å². The molecule has 2 aromatic rings. The first-order valence-corrected chi connectivity index (χ1v) is 8.16. The minimum atomic E-state index is -0.824. The van der Waals surface area contributed by atoms with E-state index in [4.69, 9.17) is 11.6 Å². The molecule has 0 saturated carbocycles. The fourth-order valence-corrected chi connectivity index (χ4v) is 2.61. The molecule has 26 heavy (non-hydrogen) atoms. The van der Waals surface area contributed by atoms with Gasteiger partial charge in [0.2, 0.25) is 0 Å². The summed E-state index contributed by atoms with van der Waals surface area (Å²) in [5, 5.41) is 0.200. The van der Waals surface area contributed by atoms with E-state index < -0.39 is 22.9 Å². The summed E-state index contributed by atoms with van der Waals surface area (Å²) >= 11 is 5.73. The van der Waals surface area contributed by atoms with Crippen LogP contribution < -0.4 is 17.1 Å². The molecule has 138 valence electrons. The number of halogens is 2. The Hall–Kier alpha value is -2.67. The Morgan fingerprint density at radius 2 is 1.42 bits per heavy atom. The lowest BCUT2D eigenvalue weighted by molar-refractivity contribution is 0.482. The second kappa shape index (κ2) is 7.70. The Labute approximate surface area is 154 Å². The summed E-state index contributed by atoms with van der Waals surface area (Å²) in [4.78, 5) is 37.9. The summed E-state index contributed by atoms with van der Waals surface area (Å²) in [5.74, 6) is -0.645. The Morgan fingerprint density at radius 1 is 0.962 bits per heavy atom. The standard InChI is InChI=1S/C18H19ClFN3O3/c1-11(2)8-21-16(24)22(9-12(3)4)18(26)23(17(21)25)10-13-5-6-14(19)7-15(13)20/h5-7H,1,3,8-10H2,2,4H3. The van der Waals surface area contributed by atoms with Gasteiger partial charge in [-0.05, 0) is 26.0 Å². The van der Waals surface area contributed by atoms with Gasteiger partial charge in [0.1, 0.15) is 5.82 Å². The molecule has 0 unspecified atom stereocenters. The maximum absolute atomic E-state index is 14.1. The quantitative estimate of drug-likeness (QED) is 0.722. The number of aromatic nitrogens is 3. The summed E-state index contributed by atoms with van der Waals surface area (Å²) in [7, 11) is 0. The average molecular weight is 380 g/mol. The maximum atomic E-state index is 14.1. The number of rotatable bonds is 6. The van der Waals surface area contributed by atoms with Gasteiger partial charge in [-0.15, -0.1) is 0 Å². The third kappa shape index (κ3) is 4.11. The minimum absolute atomic E-state index is 0.0444. The van der Waals surface area contributed by atoms with Gasteiger partial charge < -0.3 is 0 Å². The maximum Gasteiger partial charge on any atom is 0.336 e. The van der Waals surface area contributed by atoms with Crippen LogP contribution >= 0.6 is 11.6 Å². The molecule has 0 aliphatic carbocycles. The van der Waals surface area contributed by atoms with Crippen molar-refractivity contribution in [3.63, 3.8) is 0 Å². The highest BCUT2D eigenvalue weighted by Gasteiger charge is 2.17. The van der Waals surface area contributed by atoms with E-state index in [0.29, 0.717) is 11.1 Å². The smallest absolute Gasteiger partial charge is 0.247 e. The number of allylic oxidation sites excluding steroid dienone is 2. The summed E-state index contributed by atoms with van der Waals surface area (Å²) in [5.41, 5.74) is -1.16. The van der Waals surface area contributed by atoms with Crippen LogP contribution in [0.1, 0.15) is 19.4 Å². The monoisotopic (exact) mass is 379 g/mol. The summed E-state index contributed by atoms with van der Waals surface area (Å²) in [6, 6.07) is 3.94. The van der Waals surface area contributed by atoms with Crippen molar-refractivity contribution in [1.82, 2.24) is 13.7 Å². The van der Waals surface area contributed by atoms with Crippen LogP contribution in [-0.4, -0.2) is 13.7 Å². The van der Waals surface area contributed by atoms with Gasteiger partial charge in [0, 0.05) is 10.6 Å². The Morgan fingerprint density at radius 3 is 1.85 bits per heavy atom. The van der Waals surface area contributed by atoms with E-state index in [-0.39, 0.29) is 30.2 Å². The molecule has 0 N–H and O–H groups in total. The van der Waals surface area contributed by atoms with Crippen molar-refractivity contribution in [2.75, 3.05) is 0 Å². The van der Waals surface area contributed by atoms with Crippen molar-refractivity contribution in [2.24, 2.45) is 0 Å². The van der Waals surface area contributed by atoms with Gasteiger partial charge in [0.05, 0.1) is 19.6 Å². The Balaban J connectivity index is 2.73. The number of benzene rings is 1. The van der Waals surface area contributed by atoms with E-state index in [1.165, 1.54) is 12.1 Å². The minimum Gasteiger partial charge on any atom is -0.247 e. The molecule has 8 heteroatoms. The molecule has 2 rings (SSSR count). The van der Waals surface area contributed by atoms with Crippen molar-refractivity contribution in [1.29, 1.82) is 0 Å². The molecule has 1 heterocycles. The first kappa shape index (κ1) is 19.7. The predicted octanol–water partition coefficient (Wildman–Crippen LogP) is 2.16. The largest absolute Gasteiger partial charge is 0.336 e. The zero-order valence-corrected chi connectivity index (χ0v) is 15.3.